The van der Waals surface area contributed by atoms with Crippen LogP contribution >= 0.6 is 0 Å². The Morgan fingerprint density at radius 1 is 0.967 bits per heavy atom. The topological polar surface area (TPSA) is 39.2 Å². The van der Waals surface area contributed by atoms with Crippen molar-refractivity contribution in [1.82, 2.24) is 4.98 Å². The van der Waals surface area contributed by atoms with E-state index in [0.717, 1.165) is 54.9 Å². The molecule has 3 aromatic rings. The Balaban J connectivity index is 1.39. The lowest BCUT2D eigenvalue weighted by Crippen LogP contribution is -2.34. The maximum absolute atomic E-state index is 12.8. The lowest BCUT2D eigenvalue weighted by atomic mass is 9.70. The number of aromatic nitrogens is 1. The Bertz CT molecular complexity index is 973. The predicted octanol–water partition coefficient (Wildman–Crippen LogP) is 5.70. The van der Waals surface area contributed by atoms with Crippen LogP contribution in [0.15, 0.2) is 72.9 Å². The Labute approximate surface area is 179 Å². The zero-order chi connectivity index (χ0) is 20.8. The van der Waals surface area contributed by atoms with Gasteiger partial charge in [0.1, 0.15) is 5.78 Å². The molecule has 3 nitrogen and oxygen atoms in total. The highest BCUT2D eigenvalue weighted by atomic mass is 16.5. The van der Waals surface area contributed by atoms with Crippen molar-refractivity contribution in [3.63, 3.8) is 0 Å². The lowest BCUT2D eigenvalue weighted by Gasteiger charge is -2.38. The molecule has 0 aliphatic carbocycles. The number of carbonyl (C=O) groups is 1. The fraction of sp³-hybridized carbons (Fsp3) is 0.333. The van der Waals surface area contributed by atoms with Gasteiger partial charge in [0.05, 0.1) is 0 Å². The van der Waals surface area contributed by atoms with E-state index < -0.39 is 0 Å². The number of carbonyl (C=O) groups excluding carboxylic acids is 1. The highest BCUT2D eigenvalue weighted by Crippen LogP contribution is 2.39. The van der Waals surface area contributed by atoms with E-state index in [1.165, 1.54) is 5.56 Å². The van der Waals surface area contributed by atoms with Gasteiger partial charge < -0.3 is 4.74 Å². The highest BCUT2D eigenvalue weighted by Gasteiger charge is 2.34. The molecule has 0 amide bonds. The first kappa shape index (κ1) is 20.5. The second kappa shape index (κ2) is 9.36. The molecule has 2 heterocycles. The zero-order valence-corrected chi connectivity index (χ0v) is 17.6. The molecular weight excluding hydrogens is 370 g/mol. The van der Waals surface area contributed by atoms with Crippen molar-refractivity contribution in [2.75, 3.05) is 13.2 Å². The number of Topliss-reactive ketones (excluding diaryl/α,β-unsaturated/α-hetero) is 1. The number of ether oxygens (including phenoxy) is 1. The van der Waals surface area contributed by atoms with Crippen LogP contribution in [-0.2, 0) is 21.4 Å². The van der Waals surface area contributed by atoms with Crippen LogP contribution in [-0.4, -0.2) is 24.0 Å². The summed E-state index contributed by atoms with van der Waals surface area (Å²) in [5, 5.41) is 0. The van der Waals surface area contributed by atoms with E-state index in [0.29, 0.717) is 18.6 Å². The molecule has 1 aromatic heterocycles. The van der Waals surface area contributed by atoms with Gasteiger partial charge in [0.2, 0.25) is 0 Å². The van der Waals surface area contributed by atoms with Gasteiger partial charge in [-0.05, 0) is 60.6 Å². The van der Waals surface area contributed by atoms with Gasteiger partial charge in [0.15, 0.2) is 0 Å². The third kappa shape index (κ3) is 4.85. The van der Waals surface area contributed by atoms with Crippen LogP contribution in [0, 0.1) is 6.92 Å². The Hall–Kier alpha value is -2.78. The third-order valence-electron chi connectivity index (χ3n) is 6.30. The molecule has 0 unspecified atom stereocenters. The van der Waals surface area contributed by atoms with Gasteiger partial charge in [-0.25, -0.2) is 0 Å². The van der Waals surface area contributed by atoms with Crippen molar-refractivity contribution in [3.05, 3.63) is 89.7 Å². The summed E-state index contributed by atoms with van der Waals surface area (Å²) < 4.78 is 5.61. The van der Waals surface area contributed by atoms with Gasteiger partial charge in [0, 0.05) is 43.4 Å². The SMILES string of the molecule is Cc1cc(-c2ccc(CC(=O)CCC3(c4ccccc4)CCOCC3)cc2)ccn1. The monoisotopic (exact) mass is 399 g/mol. The molecule has 0 N–H and O–H groups in total. The lowest BCUT2D eigenvalue weighted by molar-refractivity contribution is -0.119. The van der Waals surface area contributed by atoms with E-state index in [-0.39, 0.29) is 5.41 Å². The van der Waals surface area contributed by atoms with E-state index in [9.17, 15) is 4.79 Å². The average Bonchev–Trinajstić information content (AvgIpc) is 2.79. The first-order valence-corrected chi connectivity index (χ1v) is 10.8. The zero-order valence-electron chi connectivity index (χ0n) is 17.6. The minimum Gasteiger partial charge on any atom is -0.381 e. The fourth-order valence-electron chi connectivity index (χ4n) is 4.47. The molecule has 0 bridgehead atoms. The van der Waals surface area contributed by atoms with Gasteiger partial charge in [-0.2, -0.15) is 0 Å². The summed E-state index contributed by atoms with van der Waals surface area (Å²) >= 11 is 0. The van der Waals surface area contributed by atoms with Crippen molar-refractivity contribution >= 4 is 5.78 Å². The Kier molecular flexibility index (Phi) is 6.39. The normalized spacial score (nSPS) is 15.6. The van der Waals surface area contributed by atoms with Gasteiger partial charge in [-0.1, -0.05) is 54.6 Å². The van der Waals surface area contributed by atoms with Crippen LogP contribution < -0.4 is 0 Å². The molecule has 154 valence electrons. The molecule has 0 radical (unpaired) electrons. The summed E-state index contributed by atoms with van der Waals surface area (Å²) in [5.74, 6) is 0.310. The molecular formula is C27H29NO2. The van der Waals surface area contributed by atoms with Gasteiger partial charge in [-0.15, -0.1) is 0 Å². The summed E-state index contributed by atoms with van der Waals surface area (Å²) in [6, 6.07) is 23.1. The van der Waals surface area contributed by atoms with E-state index in [1.807, 2.05) is 19.2 Å². The van der Waals surface area contributed by atoms with Crippen LogP contribution in [0.25, 0.3) is 11.1 Å². The molecule has 1 saturated heterocycles. The van der Waals surface area contributed by atoms with E-state index in [1.54, 1.807) is 0 Å². The van der Waals surface area contributed by atoms with Crippen molar-refractivity contribution in [3.8, 4) is 11.1 Å². The highest BCUT2D eigenvalue weighted by molar-refractivity contribution is 5.81. The molecule has 4 rings (SSSR count). The molecule has 30 heavy (non-hydrogen) atoms. The van der Waals surface area contributed by atoms with Gasteiger partial charge in [0.25, 0.3) is 0 Å². The predicted molar refractivity (Wildman–Crippen MR) is 121 cm³/mol. The molecule has 1 fully saturated rings. The molecule has 0 saturated carbocycles. The van der Waals surface area contributed by atoms with Crippen LogP contribution in [0.4, 0.5) is 0 Å². The minimum absolute atomic E-state index is 0.0677. The molecule has 2 aromatic carbocycles. The minimum atomic E-state index is 0.0677. The number of nitrogens with zero attached hydrogens (tertiary/aromatic N) is 1. The van der Waals surface area contributed by atoms with Gasteiger partial charge in [-0.3, -0.25) is 9.78 Å². The average molecular weight is 400 g/mol. The van der Waals surface area contributed by atoms with Crippen LogP contribution in [0.2, 0.25) is 0 Å². The molecule has 1 aliphatic heterocycles. The molecule has 1 aliphatic rings. The van der Waals surface area contributed by atoms with Crippen LogP contribution in [0.3, 0.4) is 0 Å². The first-order valence-electron chi connectivity index (χ1n) is 10.8. The standard InChI is InChI=1S/C27H29NO2/c1-21-19-24(12-16-28-21)23-9-7-22(8-10-23)20-26(29)11-13-27(14-17-30-18-15-27)25-5-3-2-4-6-25/h2-10,12,16,19H,11,13-15,17-18,20H2,1H3. The number of rotatable bonds is 7. The fourth-order valence-corrected chi connectivity index (χ4v) is 4.47. The Morgan fingerprint density at radius 2 is 1.70 bits per heavy atom. The second-order valence-corrected chi connectivity index (χ2v) is 8.36. The Morgan fingerprint density at radius 3 is 2.40 bits per heavy atom. The number of pyridine rings is 1. The molecule has 0 spiro atoms. The number of hydrogen-bond donors (Lipinski definition) is 0. The van der Waals surface area contributed by atoms with Gasteiger partial charge >= 0.3 is 0 Å². The summed E-state index contributed by atoms with van der Waals surface area (Å²) in [6.45, 7) is 3.55. The quantitative estimate of drug-likeness (QED) is 0.512. The molecule has 0 atom stereocenters. The summed E-state index contributed by atoms with van der Waals surface area (Å²) in [7, 11) is 0. The van der Waals surface area contributed by atoms with Crippen LogP contribution in [0.1, 0.15) is 42.5 Å². The smallest absolute Gasteiger partial charge is 0.137 e. The van der Waals surface area contributed by atoms with Crippen molar-refractivity contribution in [2.24, 2.45) is 0 Å². The first-order chi connectivity index (χ1) is 14.6. The third-order valence-corrected chi connectivity index (χ3v) is 6.30. The maximum Gasteiger partial charge on any atom is 0.137 e. The number of ketones is 1. The van der Waals surface area contributed by atoms with E-state index >= 15 is 0 Å². The van der Waals surface area contributed by atoms with Crippen molar-refractivity contribution in [2.45, 2.75) is 44.4 Å². The van der Waals surface area contributed by atoms with Crippen molar-refractivity contribution < 1.29 is 9.53 Å². The largest absolute Gasteiger partial charge is 0.381 e. The van der Waals surface area contributed by atoms with E-state index in [2.05, 4.69) is 65.6 Å². The molecule has 3 heteroatoms. The number of aryl methyl sites for hydroxylation is 1. The second-order valence-electron chi connectivity index (χ2n) is 8.36. The van der Waals surface area contributed by atoms with Crippen molar-refractivity contribution in [1.29, 1.82) is 0 Å². The number of benzene rings is 2. The maximum atomic E-state index is 12.8. The summed E-state index contributed by atoms with van der Waals surface area (Å²) in [4.78, 5) is 17.0. The van der Waals surface area contributed by atoms with E-state index in [4.69, 9.17) is 4.74 Å². The number of hydrogen-bond acceptors (Lipinski definition) is 3. The summed E-state index contributed by atoms with van der Waals surface area (Å²) in [5.41, 5.74) is 5.81. The van der Waals surface area contributed by atoms with Crippen LogP contribution in [0.5, 0.6) is 0 Å². The summed E-state index contributed by atoms with van der Waals surface area (Å²) in [6.07, 6.45) is 5.82.